The summed E-state index contributed by atoms with van der Waals surface area (Å²) in [5, 5.41) is 0. The summed E-state index contributed by atoms with van der Waals surface area (Å²) in [5.74, 6) is 0. The monoisotopic (exact) mass is 260 g/mol. The second-order valence-corrected chi connectivity index (χ2v) is 4.97. The second kappa shape index (κ2) is 3.38. The maximum atomic E-state index is 11.8. The zero-order chi connectivity index (χ0) is 11.1. The lowest BCUT2D eigenvalue weighted by atomic mass is 10.1. The fourth-order valence-corrected chi connectivity index (χ4v) is 1.51. The van der Waals surface area contributed by atoms with Gasteiger partial charge in [-0.05, 0) is 43.6 Å². The van der Waals surface area contributed by atoms with Gasteiger partial charge in [0.1, 0.15) is 4.47 Å². The molecular formula is C9H13BrN2O2. The Balaban J connectivity index is 3.71. The lowest BCUT2D eigenvalue weighted by Crippen LogP contribution is -2.45. The Labute approximate surface area is 90.1 Å². The normalized spacial score (nSPS) is 11.8. The lowest BCUT2D eigenvalue weighted by molar-refractivity contribution is 0.364. The molecule has 0 aliphatic rings. The Morgan fingerprint density at radius 3 is 2.21 bits per heavy atom. The highest BCUT2D eigenvalue weighted by Crippen LogP contribution is 2.11. The topological polar surface area (TPSA) is 54.9 Å². The third-order valence-electron chi connectivity index (χ3n) is 1.89. The molecule has 0 aliphatic heterocycles. The van der Waals surface area contributed by atoms with Gasteiger partial charge in [0.15, 0.2) is 0 Å². The predicted molar refractivity (Wildman–Crippen MR) is 58.8 cm³/mol. The van der Waals surface area contributed by atoms with E-state index in [4.69, 9.17) is 0 Å². The van der Waals surface area contributed by atoms with Crippen LogP contribution >= 0.6 is 15.9 Å². The summed E-state index contributed by atoms with van der Waals surface area (Å²) in [7, 11) is 0. The molecule has 14 heavy (non-hydrogen) atoms. The third kappa shape index (κ3) is 1.82. The van der Waals surface area contributed by atoms with Crippen LogP contribution in [0.2, 0.25) is 0 Å². The van der Waals surface area contributed by atoms with Gasteiger partial charge >= 0.3 is 5.69 Å². The Bertz CT molecular complexity index is 465. The van der Waals surface area contributed by atoms with Gasteiger partial charge in [-0.1, -0.05) is 0 Å². The smallest absolute Gasteiger partial charge is 0.310 e. The van der Waals surface area contributed by atoms with Gasteiger partial charge in [-0.2, -0.15) is 0 Å². The predicted octanol–water partition coefficient (Wildman–Crippen LogP) is 1.36. The summed E-state index contributed by atoms with van der Waals surface area (Å²) < 4.78 is 1.61. The minimum atomic E-state index is -0.513. The largest absolute Gasteiger partial charge is 0.329 e. The van der Waals surface area contributed by atoms with E-state index in [1.165, 1.54) is 4.57 Å². The molecule has 1 aromatic heterocycles. The molecule has 4 nitrogen and oxygen atoms in total. The van der Waals surface area contributed by atoms with Crippen LogP contribution in [0.5, 0.6) is 0 Å². The van der Waals surface area contributed by atoms with Gasteiger partial charge in [0.05, 0.1) is 0 Å². The van der Waals surface area contributed by atoms with Crippen molar-refractivity contribution in [1.29, 1.82) is 0 Å². The van der Waals surface area contributed by atoms with E-state index in [0.717, 1.165) is 0 Å². The molecule has 0 saturated carbocycles. The number of H-pyrrole nitrogens is 1. The first-order valence-electron chi connectivity index (χ1n) is 4.27. The minimum Gasteiger partial charge on any atom is -0.310 e. The van der Waals surface area contributed by atoms with Crippen LogP contribution < -0.4 is 11.2 Å². The number of aromatic nitrogens is 2. The number of aryl methyl sites for hydroxylation is 1. The van der Waals surface area contributed by atoms with Crippen LogP contribution in [0, 0.1) is 6.92 Å². The number of nitrogens with one attached hydrogen (secondary N) is 1. The molecule has 0 spiro atoms. The van der Waals surface area contributed by atoms with Crippen molar-refractivity contribution in [1.82, 2.24) is 9.55 Å². The van der Waals surface area contributed by atoms with E-state index in [1.54, 1.807) is 6.92 Å². The van der Waals surface area contributed by atoms with Crippen molar-refractivity contribution in [3.05, 3.63) is 31.0 Å². The van der Waals surface area contributed by atoms with Crippen molar-refractivity contribution in [2.24, 2.45) is 0 Å². The molecule has 0 saturated heterocycles. The van der Waals surface area contributed by atoms with E-state index in [1.807, 2.05) is 20.8 Å². The van der Waals surface area contributed by atoms with Gasteiger partial charge < -0.3 is 4.98 Å². The molecule has 1 N–H and O–H groups in total. The van der Waals surface area contributed by atoms with E-state index >= 15 is 0 Å². The van der Waals surface area contributed by atoms with E-state index in [2.05, 4.69) is 20.9 Å². The summed E-state index contributed by atoms with van der Waals surface area (Å²) in [6.45, 7) is 7.11. The number of halogens is 1. The third-order valence-corrected chi connectivity index (χ3v) is 2.82. The number of rotatable bonds is 0. The molecule has 1 aromatic rings. The molecule has 0 aliphatic carbocycles. The zero-order valence-electron chi connectivity index (χ0n) is 8.64. The van der Waals surface area contributed by atoms with Crippen LogP contribution in [-0.4, -0.2) is 9.55 Å². The van der Waals surface area contributed by atoms with Gasteiger partial charge in [-0.15, -0.1) is 0 Å². The van der Waals surface area contributed by atoms with Crippen LogP contribution in [0.4, 0.5) is 0 Å². The molecule has 0 radical (unpaired) electrons. The SMILES string of the molecule is Cc1[nH]c(=O)n(C(C)(C)C)c(=O)c1Br. The average molecular weight is 261 g/mol. The first-order chi connectivity index (χ1) is 6.25. The number of nitrogens with zero attached hydrogens (tertiary/aromatic N) is 1. The highest BCUT2D eigenvalue weighted by molar-refractivity contribution is 9.10. The van der Waals surface area contributed by atoms with Crippen molar-refractivity contribution in [2.75, 3.05) is 0 Å². The first kappa shape index (κ1) is 11.2. The van der Waals surface area contributed by atoms with Gasteiger partial charge in [-0.25, -0.2) is 4.79 Å². The minimum absolute atomic E-state index is 0.293. The fourth-order valence-electron chi connectivity index (χ4n) is 1.23. The lowest BCUT2D eigenvalue weighted by Gasteiger charge is -2.21. The quantitative estimate of drug-likeness (QED) is 0.766. The maximum Gasteiger partial charge on any atom is 0.329 e. The van der Waals surface area contributed by atoms with Crippen LogP contribution in [0.1, 0.15) is 26.5 Å². The van der Waals surface area contributed by atoms with E-state index in [0.29, 0.717) is 10.2 Å². The zero-order valence-corrected chi connectivity index (χ0v) is 10.2. The van der Waals surface area contributed by atoms with Gasteiger partial charge in [0.2, 0.25) is 0 Å². The van der Waals surface area contributed by atoms with Crippen molar-refractivity contribution in [3.8, 4) is 0 Å². The van der Waals surface area contributed by atoms with Gasteiger partial charge in [0.25, 0.3) is 5.56 Å². The Kier molecular flexibility index (Phi) is 2.71. The van der Waals surface area contributed by atoms with Crippen molar-refractivity contribution < 1.29 is 0 Å². The van der Waals surface area contributed by atoms with E-state index < -0.39 is 5.54 Å². The summed E-state index contributed by atoms with van der Waals surface area (Å²) in [4.78, 5) is 25.9. The van der Waals surface area contributed by atoms with Crippen molar-refractivity contribution in [2.45, 2.75) is 33.2 Å². The Morgan fingerprint density at radius 2 is 1.79 bits per heavy atom. The number of aromatic amines is 1. The highest BCUT2D eigenvalue weighted by Gasteiger charge is 2.20. The van der Waals surface area contributed by atoms with Crippen LogP contribution in [0.3, 0.4) is 0 Å². The molecule has 5 heteroatoms. The van der Waals surface area contributed by atoms with Crippen LogP contribution in [0.25, 0.3) is 0 Å². The van der Waals surface area contributed by atoms with Crippen LogP contribution in [0.15, 0.2) is 14.1 Å². The molecular weight excluding hydrogens is 248 g/mol. The van der Waals surface area contributed by atoms with Crippen LogP contribution in [-0.2, 0) is 5.54 Å². The molecule has 0 fully saturated rings. The van der Waals surface area contributed by atoms with Gasteiger partial charge in [0, 0.05) is 11.2 Å². The average Bonchev–Trinajstić information content (AvgIpc) is 1.97. The molecule has 0 atom stereocenters. The molecule has 1 rings (SSSR count). The summed E-state index contributed by atoms with van der Waals surface area (Å²) in [5.41, 5.74) is -0.622. The molecule has 1 heterocycles. The van der Waals surface area contributed by atoms with Crippen molar-refractivity contribution in [3.63, 3.8) is 0 Å². The summed E-state index contributed by atoms with van der Waals surface area (Å²) in [6, 6.07) is 0. The number of hydrogen-bond donors (Lipinski definition) is 1. The molecule has 0 unspecified atom stereocenters. The van der Waals surface area contributed by atoms with Crippen molar-refractivity contribution >= 4 is 15.9 Å². The highest BCUT2D eigenvalue weighted by atomic mass is 79.9. The van der Waals surface area contributed by atoms with E-state index in [9.17, 15) is 9.59 Å². The molecule has 0 amide bonds. The molecule has 0 aromatic carbocycles. The molecule has 0 bridgehead atoms. The second-order valence-electron chi connectivity index (χ2n) is 4.18. The van der Waals surface area contributed by atoms with E-state index in [-0.39, 0.29) is 11.2 Å². The standard InChI is InChI=1S/C9H13BrN2O2/c1-5-6(10)7(13)12(8(14)11-5)9(2,3)4/h1-4H3,(H,11,14). The summed E-state index contributed by atoms with van der Waals surface area (Å²) in [6.07, 6.45) is 0. The maximum absolute atomic E-state index is 11.8. The summed E-state index contributed by atoms with van der Waals surface area (Å²) >= 11 is 3.15. The van der Waals surface area contributed by atoms with Gasteiger partial charge in [-0.3, -0.25) is 9.36 Å². The Hall–Kier alpha value is -0.840. The number of hydrogen-bond acceptors (Lipinski definition) is 2. The Morgan fingerprint density at radius 1 is 1.29 bits per heavy atom. The fraction of sp³-hybridized carbons (Fsp3) is 0.556. The first-order valence-corrected chi connectivity index (χ1v) is 5.06. The molecule has 78 valence electrons.